The molecule has 0 heterocycles. The van der Waals surface area contributed by atoms with Crippen molar-refractivity contribution in [1.29, 1.82) is 0 Å². The molecule has 0 aromatic rings. The quantitative estimate of drug-likeness (QED) is 0.121. The molecule has 0 saturated heterocycles. The number of rotatable bonds is 4. The van der Waals surface area contributed by atoms with Crippen LogP contribution in [0.25, 0.3) is 0 Å². The van der Waals surface area contributed by atoms with Crippen molar-refractivity contribution in [3.05, 3.63) is 0 Å². The van der Waals surface area contributed by atoms with Crippen molar-refractivity contribution >= 4 is 11.8 Å². The van der Waals surface area contributed by atoms with Crippen LogP contribution < -0.4 is 34.5 Å². The van der Waals surface area contributed by atoms with E-state index in [0.29, 0.717) is 25.2 Å². The van der Waals surface area contributed by atoms with Gasteiger partial charge in [0.25, 0.3) is 0 Å². The molecule has 11 N–H and O–H groups in total. The highest BCUT2D eigenvalue weighted by atomic mass is 15.5. The van der Waals surface area contributed by atoms with Crippen LogP contribution in [-0.4, -0.2) is 23.3 Å². The summed E-state index contributed by atoms with van der Waals surface area (Å²) in [5.41, 5.74) is 7.68. The first-order valence-corrected chi connectivity index (χ1v) is 3.94. The van der Waals surface area contributed by atoms with Crippen LogP contribution in [0.4, 0.5) is 0 Å². The van der Waals surface area contributed by atoms with Crippen LogP contribution >= 0.6 is 0 Å². The number of guanidine groups is 1. The molecular formula is C5H17N9. The molecule has 0 unspecified atom stereocenters. The Hall–Kier alpha value is -1.74. The van der Waals surface area contributed by atoms with Gasteiger partial charge in [0.1, 0.15) is 5.84 Å². The first-order valence-electron chi connectivity index (χ1n) is 3.94. The number of hydrazone groups is 2. The number of nitrogens with zero attached hydrogens (tertiary/aromatic N) is 3. The SMILES string of the molecule is N/N=C(/CCCN(N)/C(N)=N/N)NN. The highest BCUT2D eigenvalue weighted by molar-refractivity contribution is 5.81. The molecule has 0 aliphatic rings. The summed E-state index contributed by atoms with van der Waals surface area (Å²) in [7, 11) is 0. The molecule has 0 aromatic heterocycles. The predicted molar refractivity (Wildman–Crippen MR) is 54.9 cm³/mol. The van der Waals surface area contributed by atoms with E-state index >= 15 is 0 Å². The van der Waals surface area contributed by atoms with Crippen molar-refractivity contribution in [3.63, 3.8) is 0 Å². The van der Waals surface area contributed by atoms with E-state index in [0.717, 1.165) is 0 Å². The molecule has 0 amide bonds. The van der Waals surface area contributed by atoms with Crippen LogP contribution in [0, 0.1) is 0 Å². The van der Waals surface area contributed by atoms with Crippen LogP contribution in [0.5, 0.6) is 0 Å². The van der Waals surface area contributed by atoms with Crippen LogP contribution in [-0.2, 0) is 0 Å². The number of nitrogens with one attached hydrogen (secondary N) is 1. The number of hydrazine groups is 2. The highest BCUT2D eigenvalue weighted by Crippen LogP contribution is 1.91. The second-order valence-electron chi connectivity index (χ2n) is 2.50. The first kappa shape index (κ1) is 12.3. The Morgan fingerprint density at radius 1 is 1.29 bits per heavy atom. The number of nitrogens with two attached hydrogens (primary N) is 5. The van der Waals surface area contributed by atoms with Gasteiger partial charge in [0, 0.05) is 13.0 Å². The van der Waals surface area contributed by atoms with Gasteiger partial charge in [-0.1, -0.05) is 0 Å². The van der Waals surface area contributed by atoms with Crippen molar-refractivity contribution in [2.45, 2.75) is 12.8 Å². The van der Waals surface area contributed by atoms with Gasteiger partial charge in [-0.25, -0.2) is 11.7 Å². The lowest BCUT2D eigenvalue weighted by Crippen LogP contribution is -2.44. The van der Waals surface area contributed by atoms with Crippen LogP contribution in [0.2, 0.25) is 0 Å². The second-order valence-corrected chi connectivity index (χ2v) is 2.50. The maximum atomic E-state index is 5.47. The second kappa shape index (κ2) is 6.74. The van der Waals surface area contributed by atoms with Gasteiger partial charge < -0.3 is 22.8 Å². The third-order valence-electron chi connectivity index (χ3n) is 1.56. The topological polar surface area (TPSA) is 170 Å². The van der Waals surface area contributed by atoms with Gasteiger partial charge in [-0.3, -0.25) is 5.01 Å². The third-order valence-corrected chi connectivity index (χ3v) is 1.56. The Kier molecular flexibility index (Phi) is 5.90. The van der Waals surface area contributed by atoms with Crippen LogP contribution in [0.3, 0.4) is 0 Å². The lowest BCUT2D eigenvalue weighted by Gasteiger charge is -2.16. The van der Waals surface area contributed by atoms with E-state index in [2.05, 4.69) is 15.6 Å². The molecular weight excluding hydrogens is 186 g/mol. The summed E-state index contributed by atoms with van der Waals surface area (Å²) < 4.78 is 0. The molecule has 0 radical (unpaired) electrons. The molecule has 0 fully saturated rings. The van der Waals surface area contributed by atoms with Crippen molar-refractivity contribution in [1.82, 2.24) is 10.4 Å². The average molecular weight is 203 g/mol. The summed E-state index contributed by atoms with van der Waals surface area (Å²) >= 11 is 0. The fraction of sp³-hybridized carbons (Fsp3) is 0.600. The van der Waals surface area contributed by atoms with Crippen molar-refractivity contribution in [2.24, 2.45) is 39.3 Å². The van der Waals surface area contributed by atoms with Gasteiger partial charge in [-0.05, 0) is 6.42 Å². The Bertz CT molecular complexity index is 209. The molecule has 0 spiro atoms. The summed E-state index contributed by atoms with van der Waals surface area (Å²) in [4.78, 5) is 0. The van der Waals surface area contributed by atoms with Gasteiger partial charge in [0.05, 0.1) is 0 Å². The van der Waals surface area contributed by atoms with Gasteiger partial charge in [-0.15, -0.1) is 5.10 Å². The molecule has 0 bridgehead atoms. The van der Waals surface area contributed by atoms with Crippen molar-refractivity contribution in [2.75, 3.05) is 6.54 Å². The van der Waals surface area contributed by atoms with E-state index < -0.39 is 0 Å². The molecule has 9 heteroatoms. The molecule has 9 nitrogen and oxygen atoms in total. The Labute approximate surface area is 81.9 Å². The van der Waals surface area contributed by atoms with Gasteiger partial charge in [0.2, 0.25) is 5.96 Å². The molecule has 82 valence electrons. The van der Waals surface area contributed by atoms with Gasteiger partial charge in [-0.2, -0.15) is 5.10 Å². The summed E-state index contributed by atoms with van der Waals surface area (Å²) in [6.45, 7) is 0.479. The molecule has 0 saturated carbocycles. The summed E-state index contributed by atoms with van der Waals surface area (Å²) in [5.74, 6) is 21.1. The number of hydrogen-bond acceptors (Lipinski definition) is 6. The Morgan fingerprint density at radius 3 is 2.36 bits per heavy atom. The smallest absolute Gasteiger partial charge is 0.227 e. The summed E-state index contributed by atoms with van der Waals surface area (Å²) in [5, 5.41) is 7.86. The lowest BCUT2D eigenvalue weighted by molar-refractivity contribution is 0.426. The zero-order valence-corrected chi connectivity index (χ0v) is 7.85. The molecule has 0 aliphatic carbocycles. The van der Waals surface area contributed by atoms with E-state index in [9.17, 15) is 0 Å². The van der Waals surface area contributed by atoms with Gasteiger partial charge >= 0.3 is 0 Å². The lowest BCUT2D eigenvalue weighted by atomic mass is 10.3. The van der Waals surface area contributed by atoms with Crippen LogP contribution in [0.15, 0.2) is 10.2 Å². The Morgan fingerprint density at radius 2 is 1.93 bits per heavy atom. The minimum absolute atomic E-state index is 0.0666. The zero-order chi connectivity index (χ0) is 11.0. The maximum absolute atomic E-state index is 5.47. The standard InChI is InChI=1S/C5H17N9/c6-5(13-9)14(10)3-1-2-4(11-7)12-8/h1-3,7-10H2,(H2,6,13)(H,11,12). The molecule has 0 atom stereocenters. The highest BCUT2D eigenvalue weighted by Gasteiger charge is 2.02. The number of amidine groups is 1. The first-order chi connectivity index (χ1) is 6.65. The minimum Gasteiger partial charge on any atom is -0.367 e. The fourth-order valence-corrected chi connectivity index (χ4v) is 0.780. The maximum Gasteiger partial charge on any atom is 0.227 e. The molecule has 0 aromatic carbocycles. The normalized spacial score (nSPS) is 12.7. The molecule has 0 rings (SSSR count). The average Bonchev–Trinajstić information content (AvgIpc) is 2.22. The van der Waals surface area contributed by atoms with E-state index in [-0.39, 0.29) is 5.96 Å². The fourth-order valence-electron chi connectivity index (χ4n) is 0.780. The summed E-state index contributed by atoms with van der Waals surface area (Å²) in [6.07, 6.45) is 1.24. The zero-order valence-electron chi connectivity index (χ0n) is 7.85. The number of hydrogen-bond donors (Lipinski definition) is 6. The van der Waals surface area contributed by atoms with Gasteiger partial charge in [0.15, 0.2) is 0 Å². The molecule has 14 heavy (non-hydrogen) atoms. The van der Waals surface area contributed by atoms with Crippen molar-refractivity contribution < 1.29 is 0 Å². The Balaban J connectivity index is 3.74. The monoisotopic (exact) mass is 203 g/mol. The van der Waals surface area contributed by atoms with E-state index in [4.69, 9.17) is 29.1 Å². The van der Waals surface area contributed by atoms with Crippen molar-refractivity contribution in [3.8, 4) is 0 Å². The summed E-state index contributed by atoms with van der Waals surface area (Å²) in [6, 6.07) is 0. The largest absolute Gasteiger partial charge is 0.367 e. The minimum atomic E-state index is 0.0666. The third kappa shape index (κ3) is 4.33. The van der Waals surface area contributed by atoms with E-state index in [1.165, 1.54) is 5.01 Å². The molecule has 0 aliphatic heterocycles. The van der Waals surface area contributed by atoms with E-state index in [1.54, 1.807) is 0 Å². The van der Waals surface area contributed by atoms with E-state index in [1.807, 2.05) is 0 Å². The van der Waals surface area contributed by atoms with Crippen LogP contribution in [0.1, 0.15) is 12.8 Å². The predicted octanol–water partition coefficient (Wildman–Crippen LogP) is -3.13.